The molecule has 0 aromatic carbocycles. The smallest absolute Gasteiger partial charge is 0.306 e. The Morgan fingerprint density at radius 2 is 0.776 bits per heavy atom. The number of unbranched alkanes of at least 4 members (excludes halogenated alkanes) is 24. The highest BCUT2D eigenvalue weighted by atomic mass is 16.6. The molecule has 0 fully saturated rings. The van der Waals surface area contributed by atoms with Crippen LogP contribution >= 0.6 is 0 Å². The van der Waals surface area contributed by atoms with E-state index in [-0.39, 0.29) is 25.2 Å². The van der Waals surface area contributed by atoms with E-state index >= 15 is 0 Å². The molecule has 0 rings (SSSR count). The van der Waals surface area contributed by atoms with Crippen molar-refractivity contribution in [2.45, 2.75) is 245 Å². The summed E-state index contributed by atoms with van der Waals surface area (Å²) in [4.78, 5) is 25.3. The normalized spacial score (nSPS) is 12.7. The van der Waals surface area contributed by atoms with Crippen LogP contribution < -0.4 is 0 Å². The Hall–Kier alpha value is -2.40. The molecule has 0 saturated heterocycles. The van der Waals surface area contributed by atoms with E-state index in [2.05, 4.69) is 81.5 Å². The second-order valence-electron chi connectivity index (χ2n) is 16.3. The number of allylic oxidation sites excluding steroid dienone is 10. The van der Waals surface area contributed by atoms with Crippen LogP contribution in [0.5, 0.6) is 0 Å². The van der Waals surface area contributed by atoms with E-state index in [9.17, 15) is 9.59 Å². The number of carbonyl (C=O) groups is 2. The van der Waals surface area contributed by atoms with Gasteiger partial charge in [0.2, 0.25) is 0 Å². The van der Waals surface area contributed by atoms with E-state index in [0.717, 1.165) is 83.5 Å². The monoisotopic (exact) mass is 811 g/mol. The van der Waals surface area contributed by atoms with Gasteiger partial charge in [-0.1, -0.05) is 204 Å². The predicted molar refractivity (Wildman–Crippen MR) is 251 cm³/mol. The molecule has 0 saturated carbocycles. The molecule has 0 aliphatic rings. The number of hydrogen-bond acceptors (Lipinski definition) is 5. The van der Waals surface area contributed by atoms with E-state index in [1.54, 1.807) is 0 Å². The average Bonchev–Trinajstić information content (AvgIpc) is 3.22. The minimum Gasteiger partial charge on any atom is -0.462 e. The third kappa shape index (κ3) is 46.3. The van der Waals surface area contributed by atoms with Gasteiger partial charge in [-0.15, -0.1) is 0 Å². The van der Waals surface area contributed by atoms with Crippen LogP contribution in [0.2, 0.25) is 0 Å². The first-order valence-corrected chi connectivity index (χ1v) is 24.8. The lowest BCUT2D eigenvalue weighted by molar-refractivity contribution is -0.163. The molecule has 58 heavy (non-hydrogen) atoms. The van der Waals surface area contributed by atoms with Gasteiger partial charge >= 0.3 is 11.9 Å². The Labute approximate surface area is 360 Å². The van der Waals surface area contributed by atoms with Crippen molar-refractivity contribution >= 4 is 11.9 Å². The summed E-state index contributed by atoms with van der Waals surface area (Å²) < 4.78 is 17.3. The average molecular weight is 811 g/mol. The van der Waals surface area contributed by atoms with Gasteiger partial charge in [0.1, 0.15) is 6.61 Å². The first-order chi connectivity index (χ1) is 28.6. The third-order valence-corrected chi connectivity index (χ3v) is 10.5. The molecular weight excluding hydrogens is 717 g/mol. The van der Waals surface area contributed by atoms with Gasteiger partial charge in [0.25, 0.3) is 0 Å². The van der Waals surface area contributed by atoms with E-state index in [4.69, 9.17) is 14.2 Å². The van der Waals surface area contributed by atoms with Crippen LogP contribution in [-0.2, 0) is 23.8 Å². The Kier molecular flexibility index (Phi) is 46.9. The predicted octanol–water partition coefficient (Wildman–Crippen LogP) is 16.6. The van der Waals surface area contributed by atoms with Gasteiger partial charge in [0.05, 0.1) is 6.61 Å². The number of esters is 2. The number of carbonyl (C=O) groups excluding carboxylic acids is 2. The van der Waals surface area contributed by atoms with E-state index in [0.29, 0.717) is 19.4 Å². The van der Waals surface area contributed by atoms with Crippen LogP contribution in [0.1, 0.15) is 239 Å². The molecule has 0 aliphatic carbocycles. The van der Waals surface area contributed by atoms with Gasteiger partial charge in [-0.25, -0.2) is 0 Å². The quantitative estimate of drug-likeness (QED) is 0.0348. The number of rotatable bonds is 45. The lowest BCUT2D eigenvalue weighted by atomic mass is 10.1. The highest BCUT2D eigenvalue weighted by molar-refractivity contribution is 5.70. The molecule has 0 radical (unpaired) electrons. The molecule has 336 valence electrons. The van der Waals surface area contributed by atoms with Crippen molar-refractivity contribution in [1.29, 1.82) is 0 Å². The van der Waals surface area contributed by atoms with E-state index in [1.165, 1.54) is 122 Å². The summed E-state index contributed by atoms with van der Waals surface area (Å²) in [5, 5.41) is 0. The lowest BCUT2D eigenvalue weighted by Gasteiger charge is -2.18. The van der Waals surface area contributed by atoms with Crippen molar-refractivity contribution in [2.24, 2.45) is 0 Å². The van der Waals surface area contributed by atoms with Crippen molar-refractivity contribution in [1.82, 2.24) is 0 Å². The van der Waals surface area contributed by atoms with E-state index in [1.807, 2.05) is 0 Å². The molecule has 0 bridgehead atoms. The van der Waals surface area contributed by atoms with Crippen LogP contribution in [0, 0.1) is 0 Å². The fourth-order valence-corrected chi connectivity index (χ4v) is 6.85. The maximum Gasteiger partial charge on any atom is 0.306 e. The Balaban J connectivity index is 4.28. The summed E-state index contributed by atoms with van der Waals surface area (Å²) in [7, 11) is 0. The van der Waals surface area contributed by atoms with Crippen LogP contribution in [-0.4, -0.2) is 37.9 Å². The molecule has 0 aromatic heterocycles. The summed E-state index contributed by atoms with van der Waals surface area (Å²) in [5.41, 5.74) is 0. The molecule has 5 nitrogen and oxygen atoms in total. The van der Waals surface area contributed by atoms with Gasteiger partial charge in [0.15, 0.2) is 6.10 Å². The highest BCUT2D eigenvalue weighted by Gasteiger charge is 2.17. The summed E-state index contributed by atoms with van der Waals surface area (Å²) in [5.74, 6) is -0.435. The van der Waals surface area contributed by atoms with Crippen molar-refractivity contribution < 1.29 is 23.8 Å². The molecule has 0 amide bonds. The zero-order valence-corrected chi connectivity index (χ0v) is 38.6. The molecule has 0 aliphatic heterocycles. The van der Waals surface area contributed by atoms with Crippen molar-refractivity contribution in [3.05, 3.63) is 60.8 Å². The lowest BCUT2D eigenvalue weighted by Crippen LogP contribution is -2.30. The van der Waals surface area contributed by atoms with Crippen LogP contribution in [0.4, 0.5) is 0 Å². The fourth-order valence-electron chi connectivity index (χ4n) is 6.85. The standard InChI is InChI=1S/C53H94O5/c1-4-7-10-13-16-19-22-25-26-27-28-30-31-34-37-40-43-46-52(54)57-50-51(49-56-48-45-42-39-36-33-24-21-18-15-12-9-6-3)58-53(55)47-44-41-38-35-32-29-23-20-17-14-11-8-5-2/h8,11,16-17,19-20,25-26,29,32,51H,4-7,9-10,12-15,18,21-24,27-28,30-31,33-50H2,1-3H3/b11-8-,19-16-,20-17-,26-25-,32-29-. The summed E-state index contributed by atoms with van der Waals surface area (Å²) >= 11 is 0. The number of ether oxygens (including phenoxy) is 3. The second-order valence-corrected chi connectivity index (χ2v) is 16.3. The SMILES string of the molecule is CC/C=C\C/C=C\C/C=C\CCCCCC(=O)OC(COCCCCCCCCCCCCCC)COC(=O)CCCCCCCCC/C=C\C/C=C\CCCCC. The minimum atomic E-state index is -0.552. The Morgan fingerprint density at radius 1 is 0.397 bits per heavy atom. The molecule has 1 unspecified atom stereocenters. The van der Waals surface area contributed by atoms with Crippen molar-refractivity contribution in [2.75, 3.05) is 19.8 Å². The number of hydrogen-bond donors (Lipinski definition) is 0. The zero-order valence-electron chi connectivity index (χ0n) is 38.6. The maximum absolute atomic E-state index is 12.7. The molecule has 0 N–H and O–H groups in total. The van der Waals surface area contributed by atoms with Crippen LogP contribution in [0.25, 0.3) is 0 Å². The first kappa shape index (κ1) is 55.6. The topological polar surface area (TPSA) is 61.8 Å². The first-order valence-electron chi connectivity index (χ1n) is 24.8. The minimum absolute atomic E-state index is 0.0703. The van der Waals surface area contributed by atoms with Crippen molar-refractivity contribution in [3.8, 4) is 0 Å². The molecule has 1 atom stereocenters. The summed E-state index contributed by atoms with van der Waals surface area (Å²) in [6.07, 6.45) is 60.8. The highest BCUT2D eigenvalue weighted by Crippen LogP contribution is 2.14. The van der Waals surface area contributed by atoms with Crippen molar-refractivity contribution in [3.63, 3.8) is 0 Å². The summed E-state index contributed by atoms with van der Waals surface area (Å²) in [6, 6.07) is 0. The largest absolute Gasteiger partial charge is 0.462 e. The van der Waals surface area contributed by atoms with E-state index < -0.39 is 6.10 Å². The molecule has 0 aromatic rings. The maximum atomic E-state index is 12.7. The Bertz CT molecular complexity index is 1010. The molecule has 5 heteroatoms. The summed E-state index contributed by atoms with van der Waals surface area (Å²) in [6.45, 7) is 7.67. The van der Waals surface area contributed by atoms with Gasteiger partial charge < -0.3 is 14.2 Å². The van der Waals surface area contributed by atoms with Gasteiger partial charge in [-0.2, -0.15) is 0 Å². The second kappa shape index (κ2) is 49.0. The van der Waals surface area contributed by atoms with Gasteiger partial charge in [-0.3, -0.25) is 9.59 Å². The van der Waals surface area contributed by atoms with Crippen LogP contribution in [0.3, 0.4) is 0 Å². The van der Waals surface area contributed by atoms with Gasteiger partial charge in [0, 0.05) is 19.4 Å². The molecule has 0 spiro atoms. The fraction of sp³-hybridized carbons (Fsp3) is 0.774. The Morgan fingerprint density at radius 3 is 1.29 bits per heavy atom. The molecule has 0 heterocycles. The van der Waals surface area contributed by atoms with Crippen LogP contribution in [0.15, 0.2) is 60.8 Å². The molecular formula is C53H94O5. The van der Waals surface area contributed by atoms with Gasteiger partial charge in [-0.05, 0) is 83.5 Å². The third-order valence-electron chi connectivity index (χ3n) is 10.5. The zero-order chi connectivity index (χ0) is 42.1.